The number of benzene rings is 2. The summed E-state index contributed by atoms with van der Waals surface area (Å²) in [7, 11) is 3.17. The Labute approximate surface area is 147 Å². The summed E-state index contributed by atoms with van der Waals surface area (Å²) in [5, 5.41) is 1.08. The molecule has 5 nitrogen and oxygen atoms in total. The fraction of sp³-hybridized carbons (Fsp3) is 0.176. The van der Waals surface area contributed by atoms with Crippen molar-refractivity contribution in [1.29, 1.82) is 0 Å². The Morgan fingerprint density at radius 1 is 1.29 bits per heavy atom. The lowest BCUT2D eigenvalue weighted by molar-refractivity contribution is 0.0600. The molecule has 0 fully saturated rings. The van der Waals surface area contributed by atoms with Crippen LogP contribution < -0.4 is 0 Å². The molecule has 1 unspecified atom stereocenters. The van der Waals surface area contributed by atoms with Gasteiger partial charge < -0.3 is 9.29 Å². The van der Waals surface area contributed by atoms with E-state index in [4.69, 9.17) is 11.6 Å². The van der Waals surface area contributed by atoms with E-state index in [9.17, 15) is 9.35 Å². The summed E-state index contributed by atoms with van der Waals surface area (Å²) in [5.74, 6) is -0.0818. The number of nitrogens with zero attached hydrogens (tertiary/aromatic N) is 2. The SMILES string of the molecule is COC(=O)c1ccc(C[S+]([O-])c2nc3cc(Cl)ccc3n2C)cc1. The van der Waals surface area contributed by atoms with Crippen molar-refractivity contribution < 1.29 is 14.1 Å². The number of methoxy groups -OCH3 is 1. The van der Waals surface area contributed by atoms with E-state index in [0.29, 0.717) is 21.5 Å². The molecule has 0 amide bonds. The van der Waals surface area contributed by atoms with Gasteiger partial charge in [0.1, 0.15) is 5.75 Å². The summed E-state index contributed by atoms with van der Waals surface area (Å²) in [5.41, 5.74) is 2.91. The zero-order valence-corrected chi connectivity index (χ0v) is 14.7. The molecule has 0 radical (unpaired) electrons. The molecule has 0 aliphatic heterocycles. The third-order valence-electron chi connectivity index (χ3n) is 3.68. The van der Waals surface area contributed by atoms with Crippen LogP contribution in [-0.4, -0.2) is 27.2 Å². The van der Waals surface area contributed by atoms with Crippen molar-refractivity contribution in [3.63, 3.8) is 0 Å². The van der Waals surface area contributed by atoms with E-state index in [-0.39, 0.29) is 0 Å². The first-order valence-corrected chi connectivity index (χ1v) is 8.87. The summed E-state index contributed by atoms with van der Waals surface area (Å²) in [6, 6.07) is 12.2. The van der Waals surface area contributed by atoms with Gasteiger partial charge in [-0.25, -0.2) is 4.79 Å². The van der Waals surface area contributed by atoms with E-state index in [0.717, 1.165) is 16.6 Å². The fourth-order valence-electron chi connectivity index (χ4n) is 2.43. The minimum atomic E-state index is -1.31. The third-order valence-corrected chi connectivity index (χ3v) is 5.28. The molecule has 1 aromatic heterocycles. The maximum atomic E-state index is 12.7. The van der Waals surface area contributed by atoms with Crippen LogP contribution in [-0.2, 0) is 28.7 Å². The number of aryl methyl sites for hydroxylation is 1. The Morgan fingerprint density at radius 3 is 2.67 bits per heavy atom. The normalized spacial score (nSPS) is 12.3. The van der Waals surface area contributed by atoms with Gasteiger partial charge >= 0.3 is 11.1 Å². The van der Waals surface area contributed by atoms with Crippen LogP contribution >= 0.6 is 11.6 Å². The van der Waals surface area contributed by atoms with Crippen molar-refractivity contribution in [3.8, 4) is 0 Å². The van der Waals surface area contributed by atoms with Gasteiger partial charge in [-0.1, -0.05) is 23.7 Å². The molecule has 3 rings (SSSR count). The van der Waals surface area contributed by atoms with Crippen molar-refractivity contribution in [2.45, 2.75) is 10.9 Å². The van der Waals surface area contributed by atoms with Gasteiger partial charge in [0.25, 0.3) is 0 Å². The van der Waals surface area contributed by atoms with Crippen LogP contribution in [0.25, 0.3) is 11.0 Å². The number of imidazole rings is 1. The van der Waals surface area contributed by atoms with E-state index in [1.807, 2.05) is 17.7 Å². The van der Waals surface area contributed by atoms with Crippen molar-refractivity contribution in [3.05, 3.63) is 58.6 Å². The predicted octanol–water partition coefficient (Wildman–Crippen LogP) is 3.32. The summed E-state index contributed by atoms with van der Waals surface area (Å²) in [6.07, 6.45) is 0. The van der Waals surface area contributed by atoms with Gasteiger partial charge in [0.05, 0.1) is 23.7 Å². The largest absolute Gasteiger partial charge is 0.609 e. The zero-order chi connectivity index (χ0) is 17.3. The molecule has 2 aromatic carbocycles. The zero-order valence-electron chi connectivity index (χ0n) is 13.2. The van der Waals surface area contributed by atoms with Gasteiger partial charge in [-0.2, -0.15) is 4.98 Å². The molecule has 1 atom stereocenters. The smallest absolute Gasteiger partial charge is 0.337 e. The van der Waals surface area contributed by atoms with Crippen LogP contribution in [0.3, 0.4) is 0 Å². The Balaban J connectivity index is 1.83. The maximum absolute atomic E-state index is 12.7. The molecule has 3 aromatic rings. The fourth-order valence-corrected chi connectivity index (χ4v) is 3.82. The summed E-state index contributed by atoms with van der Waals surface area (Å²) in [6.45, 7) is 0. The second-order valence-corrected chi connectivity index (χ2v) is 7.05. The quantitative estimate of drug-likeness (QED) is 0.527. The highest BCUT2D eigenvalue weighted by atomic mass is 35.5. The predicted molar refractivity (Wildman–Crippen MR) is 93.6 cm³/mol. The molecule has 0 saturated heterocycles. The Bertz CT molecular complexity index is 893. The highest BCUT2D eigenvalue weighted by Crippen LogP contribution is 2.24. The third kappa shape index (κ3) is 3.26. The Kier molecular flexibility index (Phi) is 4.80. The molecular formula is C17H15ClN2O3S. The van der Waals surface area contributed by atoms with E-state index < -0.39 is 17.1 Å². The maximum Gasteiger partial charge on any atom is 0.337 e. The molecule has 0 aliphatic carbocycles. The van der Waals surface area contributed by atoms with Crippen LogP contribution in [0.4, 0.5) is 0 Å². The highest BCUT2D eigenvalue weighted by Gasteiger charge is 2.21. The Hall–Kier alpha value is -2.02. The number of carbonyl (C=O) groups is 1. The van der Waals surface area contributed by atoms with Crippen molar-refractivity contribution in [2.75, 3.05) is 7.11 Å². The number of esters is 1. The van der Waals surface area contributed by atoms with Crippen molar-refractivity contribution in [2.24, 2.45) is 7.05 Å². The second-order valence-electron chi connectivity index (χ2n) is 5.26. The van der Waals surface area contributed by atoms with Crippen LogP contribution in [0.2, 0.25) is 5.02 Å². The van der Waals surface area contributed by atoms with E-state index in [2.05, 4.69) is 9.72 Å². The first-order chi connectivity index (χ1) is 11.5. The Morgan fingerprint density at radius 2 is 2.00 bits per heavy atom. The van der Waals surface area contributed by atoms with Gasteiger partial charge in [-0.05, 0) is 30.3 Å². The van der Waals surface area contributed by atoms with Gasteiger partial charge in [-0.15, -0.1) is 0 Å². The summed E-state index contributed by atoms with van der Waals surface area (Å²) in [4.78, 5) is 15.9. The lowest BCUT2D eigenvalue weighted by atomic mass is 10.1. The van der Waals surface area contributed by atoms with Crippen LogP contribution in [0.5, 0.6) is 0 Å². The van der Waals surface area contributed by atoms with E-state index >= 15 is 0 Å². The second kappa shape index (κ2) is 6.84. The minimum absolute atomic E-state index is 0.312. The average molecular weight is 363 g/mol. The van der Waals surface area contributed by atoms with Crippen molar-refractivity contribution in [1.82, 2.24) is 9.55 Å². The van der Waals surface area contributed by atoms with Gasteiger partial charge in [0.2, 0.25) is 0 Å². The first kappa shape index (κ1) is 16.8. The molecule has 1 heterocycles. The topological polar surface area (TPSA) is 67.2 Å². The van der Waals surface area contributed by atoms with Gasteiger partial charge in [0, 0.05) is 28.8 Å². The standard InChI is InChI=1S/C17H15ClN2O3S/c1-20-15-8-7-13(18)9-14(15)19-17(20)24(22)10-11-3-5-12(6-4-11)16(21)23-2/h3-9H,10H2,1-2H3. The van der Waals surface area contributed by atoms with Crippen LogP contribution in [0.1, 0.15) is 15.9 Å². The van der Waals surface area contributed by atoms with Crippen LogP contribution in [0, 0.1) is 0 Å². The van der Waals surface area contributed by atoms with E-state index in [1.165, 1.54) is 7.11 Å². The summed E-state index contributed by atoms with van der Waals surface area (Å²) < 4.78 is 19.1. The molecule has 0 N–H and O–H groups in total. The number of halogens is 1. The minimum Gasteiger partial charge on any atom is -0.609 e. The number of hydrogen-bond donors (Lipinski definition) is 0. The highest BCUT2D eigenvalue weighted by molar-refractivity contribution is 7.90. The molecule has 0 spiro atoms. The number of ether oxygens (including phenoxy) is 1. The number of rotatable bonds is 4. The molecule has 0 saturated carbocycles. The van der Waals surface area contributed by atoms with Crippen LogP contribution in [0.15, 0.2) is 47.6 Å². The number of aromatic nitrogens is 2. The van der Waals surface area contributed by atoms with Gasteiger partial charge in [-0.3, -0.25) is 4.57 Å². The number of carbonyl (C=O) groups excluding carboxylic acids is 1. The number of hydrogen-bond acceptors (Lipinski definition) is 4. The van der Waals surface area contributed by atoms with E-state index in [1.54, 1.807) is 36.4 Å². The van der Waals surface area contributed by atoms with Gasteiger partial charge in [0.15, 0.2) is 0 Å². The first-order valence-electron chi connectivity index (χ1n) is 7.17. The average Bonchev–Trinajstić information content (AvgIpc) is 2.91. The van der Waals surface area contributed by atoms with Crippen molar-refractivity contribution >= 4 is 39.8 Å². The lowest BCUT2D eigenvalue weighted by Crippen LogP contribution is -2.11. The molecule has 0 aliphatic rings. The molecule has 124 valence electrons. The molecule has 7 heteroatoms. The molecule has 0 bridgehead atoms. The monoisotopic (exact) mass is 362 g/mol. The molecular weight excluding hydrogens is 348 g/mol. The molecule has 24 heavy (non-hydrogen) atoms. The number of fused-ring (bicyclic) bond motifs is 1. The summed E-state index contributed by atoms with van der Waals surface area (Å²) >= 11 is 4.67. The lowest BCUT2D eigenvalue weighted by Gasteiger charge is -2.09.